The number of alkyl halides is 3. The molecule has 0 saturated carbocycles. The molecule has 7 nitrogen and oxygen atoms in total. The first-order valence-corrected chi connectivity index (χ1v) is 11.0. The molecule has 180 valence electrons. The Morgan fingerprint density at radius 3 is 2.50 bits per heavy atom. The number of piperazine rings is 1. The number of ether oxygens (including phenoxy) is 1. The highest BCUT2D eigenvalue weighted by atomic mass is 19.4. The number of hydrogen-bond donors (Lipinski definition) is 0. The van der Waals surface area contributed by atoms with Gasteiger partial charge in [0.25, 0.3) is 0 Å². The van der Waals surface area contributed by atoms with E-state index in [4.69, 9.17) is 9.26 Å². The second-order valence-electron chi connectivity index (χ2n) is 8.00. The molecule has 0 bridgehead atoms. The molecule has 4 rings (SSSR count). The fourth-order valence-corrected chi connectivity index (χ4v) is 3.77. The van der Waals surface area contributed by atoms with Crippen LogP contribution in [-0.2, 0) is 23.9 Å². The average molecular weight is 474 g/mol. The number of nitrogens with zero attached hydrogens (tertiary/aromatic N) is 4. The van der Waals surface area contributed by atoms with Gasteiger partial charge in [0.05, 0.1) is 25.1 Å². The van der Waals surface area contributed by atoms with Gasteiger partial charge in [0.1, 0.15) is 5.75 Å². The molecule has 0 aliphatic carbocycles. The van der Waals surface area contributed by atoms with Gasteiger partial charge in [-0.1, -0.05) is 29.4 Å². The summed E-state index contributed by atoms with van der Waals surface area (Å²) >= 11 is 0. The molecule has 1 fully saturated rings. The Bertz CT molecular complexity index is 1110. The Morgan fingerprint density at radius 2 is 1.82 bits per heavy atom. The Morgan fingerprint density at radius 1 is 1.09 bits per heavy atom. The number of rotatable bonds is 7. The lowest BCUT2D eigenvalue weighted by molar-refractivity contribution is -0.137. The topological polar surface area (TPSA) is 71.7 Å². The van der Waals surface area contributed by atoms with E-state index in [0.29, 0.717) is 51.6 Å². The maximum Gasteiger partial charge on any atom is 0.416 e. The number of hydrogen-bond acceptors (Lipinski definition) is 6. The predicted octanol–water partition coefficient (Wildman–Crippen LogP) is 4.04. The van der Waals surface area contributed by atoms with Gasteiger partial charge in [-0.05, 0) is 36.8 Å². The minimum absolute atomic E-state index is 0.0634. The van der Waals surface area contributed by atoms with E-state index in [1.54, 1.807) is 0 Å². The van der Waals surface area contributed by atoms with Gasteiger partial charge in [-0.3, -0.25) is 9.69 Å². The van der Waals surface area contributed by atoms with Crippen LogP contribution in [0.25, 0.3) is 11.4 Å². The van der Waals surface area contributed by atoms with Crippen molar-refractivity contribution in [1.82, 2.24) is 19.9 Å². The summed E-state index contributed by atoms with van der Waals surface area (Å²) in [4.78, 5) is 20.8. The van der Waals surface area contributed by atoms with Crippen molar-refractivity contribution in [2.24, 2.45) is 0 Å². The van der Waals surface area contributed by atoms with E-state index >= 15 is 0 Å². The molecule has 1 amide bonds. The molecular weight excluding hydrogens is 449 g/mol. The number of carbonyl (C=O) groups is 1. The fraction of sp³-hybridized carbons (Fsp3) is 0.375. The molecule has 2 aromatic carbocycles. The van der Waals surface area contributed by atoms with E-state index in [9.17, 15) is 18.0 Å². The van der Waals surface area contributed by atoms with Crippen molar-refractivity contribution in [3.8, 4) is 17.1 Å². The summed E-state index contributed by atoms with van der Waals surface area (Å²) in [7, 11) is 0. The molecule has 0 unspecified atom stereocenters. The van der Waals surface area contributed by atoms with Gasteiger partial charge in [0.2, 0.25) is 17.6 Å². The van der Waals surface area contributed by atoms with Gasteiger partial charge in [-0.2, -0.15) is 18.2 Å². The number of carbonyl (C=O) groups excluding carboxylic acids is 1. The molecule has 2 heterocycles. The first kappa shape index (κ1) is 23.7. The van der Waals surface area contributed by atoms with Crippen LogP contribution in [0.2, 0.25) is 0 Å². The normalized spacial score (nSPS) is 14.9. The summed E-state index contributed by atoms with van der Waals surface area (Å²) in [6.07, 6.45) is -4.11. The van der Waals surface area contributed by atoms with E-state index in [2.05, 4.69) is 15.0 Å². The van der Waals surface area contributed by atoms with Crippen LogP contribution in [0.3, 0.4) is 0 Å². The Hall–Kier alpha value is -3.40. The van der Waals surface area contributed by atoms with Crippen LogP contribution in [-0.4, -0.2) is 58.6 Å². The average Bonchev–Trinajstić information content (AvgIpc) is 3.29. The molecule has 1 aliphatic rings. The van der Waals surface area contributed by atoms with E-state index in [1.165, 1.54) is 12.1 Å². The number of halogens is 3. The van der Waals surface area contributed by atoms with Gasteiger partial charge >= 0.3 is 6.18 Å². The zero-order valence-corrected chi connectivity index (χ0v) is 18.7. The number of benzene rings is 2. The Labute approximate surface area is 195 Å². The molecular formula is C24H25F3N4O3. The van der Waals surface area contributed by atoms with Crippen LogP contribution in [0, 0.1) is 0 Å². The highest BCUT2D eigenvalue weighted by Gasteiger charge is 2.31. The van der Waals surface area contributed by atoms with Gasteiger partial charge in [-0.25, -0.2) is 0 Å². The van der Waals surface area contributed by atoms with Crippen molar-refractivity contribution in [3.63, 3.8) is 0 Å². The molecule has 0 N–H and O–H groups in total. The molecule has 0 spiro atoms. The minimum atomic E-state index is -4.44. The quantitative estimate of drug-likeness (QED) is 0.515. The SMILES string of the molecule is CCOc1ccc(CC(=O)N2CCN(Cc3nc(-c4cccc(C(F)(F)F)c4)no3)CC2)cc1. The lowest BCUT2D eigenvalue weighted by Crippen LogP contribution is -2.48. The predicted molar refractivity (Wildman–Crippen MR) is 118 cm³/mol. The third kappa shape index (κ3) is 5.93. The van der Waals surface area contributed by atoms with Crippen molar-refractivity contribution in [2.45, 2.75) is 26.1 Å². The van der Waals surface area contributed by atoms with Gasteiger partial charge in [0, 0.05) is 31.7 Å². The van der Waals surface area contributed by atoms with Crippen molar-refractivity contribution in [3.05, 3.63) is 65.5 Å². The Balaban J connectivity index is 1.28. The van der Waals surface area contributed by atoms with Crippen LogP contribution >= 0.6 is 0 Å². The zero-order valence-electron chi connectivity index (χ0n) is 18.7. The van der Waals surface area contributed by atoms with E-state index < -0.39 is 11.7 Å². The summed E-state index contributed by atoms with van der Waals surface area (Å²) in [6.45, 7) is 5.30. The lowest BCUT2D eigenvalue weighted by Gasteiger charge is -2.34. The van der Waals surface area contributed by atoms with Gasteiger partial charge < -0.3 is 14.2 Å². The standard InChI is InChI=1S/C24H25F3N4O3/c1-2-33-20-8-6-17(7-9-20)14-22(32)31-12-10-30(11-13-31)16-21-28-23(29-34-21)18-4-3-5-19(15-18)24(25,26)27/h3-9,15H,2,10-14,16H2,1H3. The van der Waals surface area contributed by atoms with E-state index in [-0.39, 0.29) is 17.3 Å². The fourth-order valence-electron chi connectivity index (χ4n) is 3.77. The van der Waals surface area contributed by atoms with E-state index in [0.717, 1.165) is 23.4 Å². The molecule has 1 aliphatic heterocycles. The highest BCUT2D eigenvalue weighted by Crippen LogP contribution is 2.31. The van der Waals surface area contributed by atoms with Gasteiger partial charge in [-0.15, -0.1) is 0 Å². The summed E-state index contributed by atoms with van der Waals surface area (Å²) in [6, 6.07) is 12.4. The smallest absolute Gasteiger partial charge is 0.416 e. The highest BCUT2D eigenvalue weighted by molar-refractivity contribution is 5.79. The monoisotopic (exact) mass is 474 g/mol. The molecule has 0 atom stereocenters. The molecule has 1 saturated heterocycles. The maximum absolute atomic E-state index is 12.9. The third-order valence-electron chi connectivity index (χ3n) is 5.59. The van der Waals surface area contributed by atoms with Crippen LogP contribution in [0.1, 0.15) is 23.9 Å². The van der Waals surface area contributed by atoms with Crippen LogP contribution in [0.5, 0.6) is 5.75 Å². The van der Waals surface area contributed by atoms with Gasteiger partial charge in [0.15, 0.2) is 0 Å². The Kier molecular flexibility index (Phi) is 7.16. The molecule has 3 aromatic rings. The molecule has 0 radical (unpaired) electrons. The summed E-state index contributed by atoms with van der Waals surface area (Å²) in [5.41, 5.74) is 0.417. The van der Waals surface area contributed by atoms with Crippen LogP contribution in [0.15, 0.2) is 53.1 Å². The summed E-state index contributed by atoms with van der Waals surface area (Å²) < 4.78 is 49.5. The molecule has 1 aromatic heterocycles. The first-order chi connectivity index (χ1) is 16.3. The van der Waals surface area contributed by atoms with Crippen LogP contribution < -0.4 is 4.74 Å². The molecule has 10 heteroatoms. The van der Waals surface area contributed by atoms with Crippen LogP contribution in [0.4, 0.5) is 13.2 Å². The summed E-state index contributed by atoms with van der Waals surface area (Å²) in [5.74, 6) is 1.28. The van der Waals surface area contributed by atoms with E-state index in [1.807, 2.05) is 36.1 Å². The largest absolute Gasteiger partial charge is 0.494 e. The second kappa shape index (κ2) is 10.3. The number of amides is 1. The van der Waals surface area contributed by atoms with Crippen molar-refractivity contribution >= 4 is 5.91 Å². The number of aromatic nitrogens is 2. The van der Waals surface area contributed by atoms with Crippen molar-refractivity contribution < 1.29 is 27.2 Å². The lowest BCUT2D eigenvalue weighted by atomic mass is 10.1. The minimum Gasteiger partial charge on any atom is -0.494 e. The molecule has 34 heavy (non-hydrogen) atoms. The summed E-state index contributed by atoms with van der Waals surface area (Å²) in [5, 5.41) is 3.83. The van der Waals surface area contributed by atoms with Crippen molar-refractivity contribution in [2.75, 3.05) is 32.8 Å². The van der Waals surface area contributed by atoms with Crippen molar-refractivity contribution in [1.29, 1.82) is 0 Å². The zero-order chi connectivity index (χ0) is 24.1. The second-order valence-corrected chi connectivity index (χ2v) is 8.00. The maximum atomic E-state index is 12.9. The third-order valence-corrected chi connectivity index (χ3v) is 5.59. The first-order valence-electron chi connectivity index (χ1n) is 11.0.